The number of thioether (sulfide) groups is 1. The van der Waals surface area contributed by atoms with E-state index in [1.807, 2.05) is 38.1 Å². The lowest BCUT2D eigenvalue weighted by molar-refractivity contribution is -0.154. The molecular weight excluding hydrogens is 526 g/mol. The highest BCUT2D eigenvalue weighted by molar-refractivity contribution is 8.02. The Balaban J connectivity index is 1.82. The topological polar surface area (TPSA) is 90.4 Å². The number of aliphatic hydroxyl groups is 1. The molecule has 8 nitrogen and oxygen atoms in total. The van der Waals surface area contributed by atoms with Crippen molar-refractivity contribution in [3.63, 3.8) is 0 Å². The Morgan fingerprint density at radius 1 is 1.20 bits per heavy atom. The Kier molecular flexibility index (Phi) is 9.25. The van der Waals surface area contributed by atoms with Crippen molar-refractivity contribution >= 4 is 40.9 Å². The van der Waals surface area contributed by atoms with Gasteiger partial charge in [0.25, 0.3) is 5.91 Å². The van der Waals surface area contributed by atoms with E-state index in [4.69, 9.17) is 4.74 Å². The number of likely N-dealkylation sites (tertiary alicyclic amines) is 1. The second-order valence-electron chi connectivity index (χ2n) is 11.5. The van der Waals surface area contributed by atoms with Crippen molar-refractivity contribution in [1.29, 1.82) is 0 Å². The van der Waals surface area contributed by atoms with Gasteiger partial charge in [-0.05, 0) is 63.3 Å². The van der Waals surface area contributed by atoms with Crippen molar-refractivity contribution in [3.8, 4) is 0 Å². The maximum Gasteiger partial charge on any atom is 0.310 e. The number of rotatable bonds is 12. The number of amides is 2. The van der Waals surface area contributed by atoms with Crippen molar-refractivity contribution in [2.75, 3.05) is 42.6 Å². The molecule has 0 radical (unpaired) electrons. The van der Waals surface area contributed by atoms with Gasteiger partial charge in [0, 0.05) is 36.3 Å². The molecule has 1 aromatic rings. The molecule has 0 aliphatic carbocycles. The number of anilines is 2. The van der Waals surface area contributed by atoms with Gasteiger partial charge >= 0.3 is 5.97 Å². The van der Waals surface area contributed by atoms with Crippen LogP contribution in [-0.2, 0) is 19.1 Å². The first kappa shape index (κ1) is 30.4. The third-order valence-electron chi connectivity index (χ3n) is 9.16. The molecular formula is C31H45N3O5S. The molecule has 7 atom stereocenters. The van der Waals surface area contributed by atoms with Crippen LogP contribution in [0.5, 0.6) is 0 Å². The van der Waals surface area contributed by atoms with Gasteiger partial charge in [-0.25, -0.2) is 0 Å². The molecule has 2 bridgehead atoms. The Morgan fingerprint density at radius 2 is 1.82 bits per heavy atom. The number of ether oxygens (including phenoxy) is 1. The van der Waals surface area contributed by atoms with E-state index in [1.54, 1.807) is 34.6 Å². The predicted octanol–water partition coefficient (Wildman–Crippen LogP) is 3.97. The standard InChI is InChI=1S/C31H45N3O5S/c1-8-16-33(22-14-12-21(13-15-22)32(9-2)10-3)29(37)27-31-20(7)17-24(40-31)25(30(38)39-11-4)26(31)28(36)34(27)23(18-35)19(5)6/h8,12-15,19-20,23-27,35H,1,9-11,16-18H2,2-7H3/t20?,23-,24+,25-,26-,27?,31?/m0/s1. The molecule has 220 valence electrons. The molecule has 4 rings (SSSR count). The van der Waals surface area contributed by atoms with Crippen LogP contribution in [0.4, 0.5) is 11.4 Å². The number of nitrogens with zero attached hydrogens (tertiary/aromatic N) is 3. The van der Waals surface area contributed by atoms with Crippen LogP contribution in [0.15, 0.2) is 36.9 Å². The van der Waals surface area contributed by atoms with Crippen LogP contribution in [-0.4, -0.2) is 82.7 Å². The average molecular weight is 572 g/mol. The Morgan fingerprint density at radius 3 is 2.35 bits per heavy atom. The molecule has 2 amide bonds. The summed E-state index contributed by atoms with van der Waals surface area (Å²) in [5.41, 5.74) is 1.80. The van der Waals surface area contributed by atoms with Gasteiger partial charge < -0.3 is 24.5 Å². The fraction of sp³-hybridized carbons (Fsp3) is 0.645. The third kappa shape index (κ3) is 4.73. The van der Waals surface area contributed by atoms with Gasteiger partial charge in [0.05, 0.1) is 35.8 Å². The summed E-state index contributed by atoms with van der Waals surface area (Å²) in [4.78, 5) is 47.9. The summed E-state index contributed by atoms with van der Waals surface area (Å²) in [6.45, 7) is 17.9. The summed E-state index contributed by atoms with van der Waals surface area (Å²) in [5.74, 6) is -2.09. The fourth-order valence-corrected chi connectivity index (χ4v) is 9.64. The molecule has 9 heteroatoms. The number of carbonyl (C=O) groups is 3. The summed E-state index contributed by atoms with van der Waals surface area (Å²) >= 11 is 1.62. The van der Waals surface area contributed by atoms with E-state index in [-0.39, 0.29) is 54.6 Å². The molecule has 1 spiro atoms. The van der Waals surface area contributed by atoms with Gasteiger partial charge in [-0.1, -0.05) is 26.8 Å². The van der Waals surface area contributed by atoms with Crippen molar-refractivity contribution in [2.45, 2.75) is 70.0 Å². The molecule has 3 unspecified atom stereocenters. The molecule has 1 aromatic carbocycles. The average Bonchev–Trinajstić information content (AvgIpc) is 3.52. The lowest BCUT2D eigenvalue weighted by Gasteiger charge is -2.42. The number of esters is 1. The lowest BCUT2D eigenvalue weighted by Crippen LogP contribution is -2.60. The quantitative estimate of drug-likeness (QED) is 0.300. The number of fused-ring (bicyclic) bond motifs is 1. The molecule has 0 aromatic heterocycles. The van der Waals surface area contributed by atoms with Crippen molar-refractivity contribution in [3.05, 3.63) is 36.9 Å². The summed E-state index contributed by atoms with van der Waals surface area (Å²) < 4.78 is 4.67. The predicted molar refractivity (Wildman–Crippen MR) is 160 cm³/mol. The summed E-state index contributed by atoms with van der Waals surface area (Å²) in [5, 5.41) is 10.4. The molecule has 3 fully saturated rings. The first-order valence-corrected chi connectivity index (χ1v) is 15.5. The van der Waals surface area contributed by atoms with Crippen LogP contribution in [0, 0.1) is 23.7 Å². The largest absolute Gasteiger partial charge is 0.466 e. The zero-order valence-electron chi connectivity index (χ0n) is 24.7. The number of carbonyl (C=O) groups excluding carboxylic acids is 3. The van der Waals surface area contributed by atoms with Gasteiger partial charge in [-0.3, -0.25) is 14.4 Å². The van der Waals surface area contributed by atoms with E-state index in [1.165, 1.54) is 0 Å². The Hall–Kier alpha value is -2.52. The van der Waals surface area contributed by atoms with E-state index in [2.05, 4.69) is 32.3 Å². The SMILES string of the molecule is C=CCN(C(=O)C1N([C@@H](CO)C(C)C)C(=O)[C@@H]2[C@@H](C(=O)OCC)[C@H]3CC(C)C12S3)c1ccc(N(CC)CC)cc1. The maximum atomic E-state index is 14.8. The minimum Gasteiger partial charge on any atom is -0.466 e. The second kappa shape index (κ2) is 12.1. The molecule has 3 aliphatic rings. The summed E-state index contributed by atoms with van der Waals surface area (Å²) in [7, 11) is 0. The molecule has 1 N–H and O–H groups in total. The lowest BCUT2D eigenvalue weighted by atomic mass is 9.66. The van der Waals surface area contributed by atoms with Gasteiger partial charge in [-0.2, -0.15) is 0 Å². The second-order valence-corrected chi connectivity index (χ2v) is 13.0. The number of aliphatic hydroxyl groups excluding tert-OH is 1. The van der Waals surface area contributed by atoms with E-state index < -0.39 is 28.7 Å². The van der Waals surface area contributed by atoms with E-state index in [9.17, 15) is 19.5 Å². The molecule has 3 aliphatic heterocycles. The Bertz CT molecular complexity index is 1110. The van der Waals surface area contributed by atoms with Crippen molar-refractivity contribution in [1.82, 2.24) is 4.90 Å². The Labute approximate surface area is 243 Å². The highest BCUT2D eigenvalue weighted by Gasteiger charge is 2.77. The zero-order valence-corrected chi connectivity index (χ0v) is 25.5. The minimum absolute atomic E-state index is 0.0307. The van der Waals surface area contributed by atoms with Crippen LogP contribution < -0.4 is 9.80 Å². The normalized spacial score (nSPS) is 29.4. The van der Waals surface area contributed by atoms with Crippen LogP contribution >= 0.6 is 11.8 Å². The first-order valence-electron chi connectivity index (χ1n) is 14.7. The van der Waals surface area contributed by atoms with Crippen molar-refractivity contribution < 1.29 is 24.2 Å². The molecule has 3 heterocycles. The molecule has 3 saturated heterocycles. The van der Waals surface area contributed by atoms with Crippen LogP contribution in [0.25, 0.3) is 0 Å². The van der Waals surface area contributed by atoms with Gasteiger partial charge in [0.1, 0.15) is 6.04 Å². The number of benzene rings is 1. The van der Waals surface area contributed by atoms with E-state index in [0.29, 0.717) is 0 Å². The number of hydrogen-bond donors (Lipinski definition) is 1. The van der Waals surface area contributed by atoms with Gasteiger partial charge in [0.2, 0.25) is 5.91 Å². The monoisotopic (exact) mass is 571 g/mol. The maximum absolute atomic E-state index is 14.8. The molecule has 40 heavy (non-hydrogen) atoms. The fourth-order valence-electron chi connectivity index (χ4n) is 7.25. The van der Waals surface area contributed by atoms with Crippen LogP contribution in [0.1, 0.15) is 48.0 Å². The summed E-state index contributed by atoms with van der Waals surface area (Å²) in [6.07, 6.45) is 2.43. The van der Waals surface area contributed by atoms with E-state index >= 15 is 0 Å². The minimum atomic E-state index is -0.823. The van der Waals surface area contributed by atoms with Gasteiger partial charge in [-0.15, -0.1) is 18.3 Å². The van der Waals surface area contributed by atoms with Crippen LogP contribution in [0.3, 0.4) is 0 Å². The third-order valence-corrected chi connectivity index (χ3v) is 11.2. The zero-order chi connectivity index (χ0) is 29.4. The first-order chi connectivity index (χ1) is 19.1. The smallest absolute Gasteiger partial charge is 0.310 e. The highest BCUT2D eigenvalue weighted by Crippen LogP contribution is 2.69. The van der Waals surface area contributed by atoms with Gasteiger partial charge in [0.15, 0.2) is 0 Å². The number of hydrogen-bond acceptors (Lipinski definition) is 7. The van der Waals surface area contributed by atoms with Crippen molar-refractivity contribution in [2.24, 2.45) is 23.7 Å². The molecule has 0 saturated carbocycles. The van der Waals surface area contributed by atoms with Crippen LogP contribution in [0.2, 0.25) is 0 Å². The highest BCUT2D eigenvalue weighted by atomic mass is 32.2. The van der Waals surface area contributed by atoms with E-state index in [0.717, 1.165) is 30.9 Å². The summed E-state index contributed by atoms with van der Waals surface area (Å²) in [6, 6.07) is 6.56.